The summed E-state index contributed by atoms with van der Waals surface area (Å²) in [5.74, 6) is -0.849. The van der Waals surface area contributed by atoms with Crippen LogP contribution in [0.3, 0.4) is 0 Å². The first-order valence-electron chi connectivity index (χ1n) is 12.1. The van der Waals surface area contributed by atoms with Crippen LogP contribution in [0.1, 0.15) is 40.7 Å². The summed E-state index contributed by atoms with van der Waals surface area (Å²) < 4.78 is 13.6. The van der Waals surface area contributed by atoms with E-state index in [1.165, 1.54) is 22.9 Å². The Kier molecular flexibility index (Phi) is 6.33. The molecule has 2 fully saturated rings. The Balaban J connectivity index is 1.35. The zero-order valence-electron chi connectivity index (χ0n) is 19.4. The number of piperidine rings is 1. The van der Waals surface area contributed by atoms with Gasteiger partial charge in [-0.3, -0.25) is 9.59 Å². The van der Waals surface area contributed by atoms with Crippen molar-refractivity contribution < 1.29 is 14.0 Å². The summed E-state index contributed by atoms with van der Waals surface area (Å²) in [6.07, 6.45) is 2.71. The summed E-state index contributed by atoms with van der Waals surface area (Å²) in [6, 6.07) is 18.8. The van der Waals surface area contributed by atoms with Crippen LogP contribution in [-0.4, -0.2) is 41.9 Å². The van der Waals surface area contributed by atoms with Crippen LogP contribution < -0.4 is 10.6 Å². The molecule has 2 atom stereocenters. The van der Waals surface area contributed by atoms with E-state index in [1.54, 1.807) is 13.0 Å². The largest absolute Gasteiger partial charge is 0.348 e. The van der Waals surface area contributed by atoms with Crippen molar-refractivity contribution in [3.8, 4) is 0 Å². The van der Waals surface area contributed by atoms with Crippen molar-refractivity contribution in [2.24, 2.45) is 5.92 Å². The first kappa shape index (κ1) is 22.5. The number of hydrogen-bond acceptors (Lipinski definition) is 3. The smallest absolute Gasteiger partial charge is 0.251 e. The summed E-state index contributed by atoms with van der Waals surface area (Å²) in [5, 5.41) is 8.74. The molecule has 5 rings (SSSR count). The molecule has 2 N–H and O–H groups in total. The number of carbonyl (C=O) groups is 2. The third-order valence-corrected chi connectivity index (χ3v) is 7.03. The van der Waals surface area contributed by atoms with Crippen molar-refractivity contribution in [3.63, 3.8) is 0 Å². The minimum atomic E-state index is -0.338. The van der Waals surface area contributed by atoms with Crippen LogP contribution in [-0.2, 0) is 11.3 Å². The Morgan fingerprint density at radius 1 is 1.06 bits per heavy atom. The molecule has 2 amide bonds. The van der Waals surface area contributed by atoms with Gasteiger partial charge in [0.15, 0.2) is 0 Å². The van der Waals surface area contributed by atoms with Gasteiger partial charge < -0.3 is 15.5 Å². The fourth-order valence-corrected chi connectivity index (χ4v) is 4.93. The van der Waals surface area contributed by atoms with E-state index >= 15 is 0 Å². The maximum Gasteiger partial charge on any atom is 0.251 e. The minimum absolute atomic E-state index is 0.0863. The van der Waals surface area contributed by atoms with Crippen molar-refractivity contribution in [1.82, 2.24) is 15.5 Å². The fraction of sp³-hybridized carbons (Fsp3) is 0.357. The Morgan fingerprint density at radius 2 is 1.85 bits per heavy atom. The van der Waals surface area contributed by atoms with Gasteiger partial charge in [0.1, 0.15) is 5.82 Å². The zero-order valence-corrected chi connectivity index (χ0v) is 19.4. The molecule has 1 heterocycles. The summed E-state index contributed by atoms with van der Waals surface area (Å²) in [4.78, 5) is 28.8. The van der Waals surface area contributed by atoms with Crippen LogP contribution in [0.25, 0.3) is 10.8 Å². The lowest BCUT2D eigenvalue weighted by Crippen LogP contribution is -2.55. The molecule has 0 spiro atoms. The molecule has 1 aliphatic carbocycles. The third-order valence-electron chi connectivity index (χ3n) is 7.03. The van der Waals surface area contributed by atoms with Crippen molar-refractivity contribution in [2.75, 3.05) is 13.1 Å². The fourth-order valence-electron chi connectivity index (χ4n) is 4.93. The first-order chi connectivity index (χ1) is 16.5. The van der Waals surface area contributed by atoms with Gasteiger partial charge in [0.2, 0.25) is 5.91 Å². The van der Waals surface area contributed by atoms with Crippen molar-refractivity contribution in [3.05, 3.63) is 83.2 Å². The minimum Gasteiger partial charge on any atom is -0.348 e. The van der Waals surface area contributed by atoms with E-state index in [4.69, 9.17) is 0 Å². The van der Waals surface area contributed by atoms with Crippen LogP contribution in [0.4, 0.5) is 4.39 Å². The second kappa shape index (κ2) is 9.55. The average Bonchev–Trinajstić information content (AvgIpc) is 3.69. The normalized spacial score (nSPS) is 20.2. The molecular formula is C28H30FN3O2. The number of benzene rings is 3. The number of aryl methyl sites for hydroxylation is 1. The molecule has 1 saturated carbocycles. The quantitative estimate of drug-likeness (QED) is 0.581. The topological polar surface area (TPSA) is 61.4 Å². The Labute approximate surface area is 199 Å². The van der Waals surface area contributed by atoms with E-state index in [1.807, 2.05) is 23.1 Å². The number of hydrogen-bond donors (Lipinski definition) is 2. The van der Waals surface area contributed by atoms with Crippen LogP contribution in [0.5, 0.6) is 0 Å². The summed E-state index contributed by atoms with van der Waals surface area (Å²) in [6.45, 7) is 3.48. The number of nitrogens with one attached hydrogen (secondary N) is 2. The van der Waals surface area contributed by atoms with E-state index < -0.39 is 0 Å². The van der Waals surface area contributed by atoms with Gasteiger partial charge in [-0.05, 0) is 72.8 Å². The number of fused-ring (bicyclic) bond motifs is 1. The van der Waals surface area contributed by atoms with Gasteiger partial charge in [-0.15, -0.1) is 0 Å². The van der Waals surface area contributed by atoms with Gasteiger partial charge in [-0.1, -0.05) is 42.5 Å². The summed E-state index contributed by atoms with van der Waals surface area (Å²) in [7, 11) is 0. The molecule has 0 bridgehead atoms. The van der Waals surface area contributed by atoms with Crippen molar-refractivity contribution in [1.29, 1.82) is 0 Å². The zero-order chi connectivity index (χ0) is 23.7. The van der Waals surface area contributed by atoms with E-state index in [-0.39, 0.29) is 35.6 Å². The molecule has 3 aromatic carbocycles. The van der Waals surface area contributed by atoms with E-state index in [0.29, 0.717) is 30.6 Å². The predicted octanol–water partition coefficient (Wildman–Crippen LogP) is 4.19. The highest BCUT2D eigenvalue weighted by molar-refractivity contribution is 5.95. The Bertz CT molecular complexity index is 1220. The van der Waals surface area contributed by atoms with Gasteiger partial charge in [-0.25, -0.2) is 4.39 Å². The number of halogens is 1. The lowest BCUT2D eigenvalue weighted by atomic mass is 9.91. The highest BCUT2D eigenvalue weighted by Gasteiger charge is 2.40. The second-order valence-electron chi connectivity index (χ2n) is 9.48. The van der Waals surface area contributed by atoms with Crippen molar-refractivity contribution >= 4 is 22.6 Å². The summed E-state index contributed by atoms with van der Waals surface area (Å²) >= 11 is 0. The molecule has 1 aliphatic heterocycles. The SMILES string of the molecule is Cc1cc(C(=O)NC2CCNCC2C(=O)N(Cc2cccc3ccccc23)C2CC2)ccc1F. The van der Waals surface area contributed by atoms with Crippen LogP contribution in [0, 0.1) is 18.7 Å². The standard InChI is InChI=1S/C28H30FN3O2/c1-18-15-20(9-12-25(18)29)27(33)31-26-13-14-30-16-24(26)28(34)32(22-10-11-22)17-21-7-4-6-19-5-2-3-8-23(19)21/h2-9,12,15,22,24,26,30H,10-11,13-14,16-17H2,1H3,(H,31,33). The molecule has 34 heavy (non-hydrogen) atoms. The molecule has 3 aromatic rings. The molecule has 2 aliphatic rings. The number of amides is 2. The summed E-state index contributed by atoms with van der Waals surface area (Å²) in [5.41, 5.74) is 1.99. The highest BCUT2D eigenvalue weighted by atomic mass is 19.1. The van der Waals surface area contributed by atoms with Crippen molar-refractivity contribution in [2.45, 2.75) is 44.8 Å². The van der Waals surface area contributed by atoms with Gasteiger partial charge >= 0.3 is 0 Å². The molecule has 0 aromatic heterocycles. The monoisotopic (exact) mass is 459 g/mol. The average molecular weight is 460 g/mol. The van der Waals surface area contributed by atoms with Gasteiger partial charge in [0.25, 0.3) is 5.91 Å². The lowest BCUT2D eigenvalue weighted by molar-refractivity contribution is -0.138. The Hall–Kier alpha value is -3.25. The number of rotatable bonds is 6. The number of nitrogens with zero attached hydrogens (tertiary/aromatic N) is 1. The van der Waals surface area contributed by atoms with Crippen LogP contribution in [0.2, 0.25) is 0 Å². The molecule has 6 heteroatoms. The lowest BCUT2D eigenvalue weighted by Gasteiger charge is -2.36. The molecular weight excluding hydrogens is 429 g/mol. The van der Waals surface area contributed by atoms with Gasteiger partial charge in [-0.2, -0.15) is 0 Å². The van der Waals surface area contributed by atoms with E-state index in [0.717, 1.165) is 24.9 Å². The Morgan fingerprint density at radius 3 is 2.65 bits per heavy atom. The second-order valence-corrected chi connectivity index (χ2v) is 9.48. The van der Waals surface area contributed by atoms with Crippen LogP contribution >= 0.6 is 0 Å². The maximum absolute atomic E-state index is 13.8. The third kappa shape index (κ3) is 4.68. The van der Waals surface area contributed by atoms with Crippen LogP contribution in [0.15, 0.2) is 60.7 Å². The molecule has 2 unspecified atom stereocenters. The van der Waals surface area contributed by atoms with Gasteiger partial charge in [0.05, 0.1) is 5.92 Å². The molecule has 5 nitrogen and oxygen atoms in total. The molecule has 176 valence electrons. The maximum atomic E-state index is 13.8. The first-order valence-corrected chi connectivity index (χ1v) is 12.1. The predicted molar refractivity (Wildman–Crippen MR) is 131 cm³/mol. The highest BCUT2D eigenvalue weighted by Crippen LogP contribution is 2.32. The molecule has 0 radical (unpaired) electrons. The number of carbonyl (C=O) groups excluding carboxylic acids is 2. The molecule has 1 saturated heterocycles. The van der Waals surface area contributed by atoms with E-state index in [2.05, 4.69) is 34.9 Å². The van der Waals surface area contributed by atoms with Gasteiger partial charge in [0, 0.05) is 30.7 Å². The van der Waals surface area contributed by atoms with E-state index in [9.17, 15) is 14.0 Å².